The lowest BCUT2D eigenvalue weighted by molar-refractivity contribution is 1.13. The Morgan fingerprint density at radius 3 is 1.15 bits per heavy atom. The Labute approximate surface area is 123 Å². The Morgan fingerprint density at radius 2 is 0.950 bits per heavy atom. The van der Waals surface area contributed by atoms with E-state index >= 15 is 0 Å². The molecule has 0 fully saturated rings. The van der Waals surface area contributed by atoms with Crippen LogP contribution in [0, 0.1) is 13.8 Å². The fourth-order valence-corrected chi connectivity index (χ4v) is 1.81. The van der Waals surface area contributed by atoms with Gasteiger partial charge in [-0.15, -0.1) is 0 Å². The van der Waals surface area contributed by atoms with Gasteiger partial charge in [0.15, 0.2) is 0 Å². The Kier molecular flexibility index (Phi) is 6.10. The molecule has 0 aliphatic rings. The molecule has 0 aromatic heterocycles. The van der Waals surface area contributed by atoms with E-state index in [1.165, 1.54) is 22.5 Å². The van der Waals surface area contributed by atoms with Gasteiger partial charge < -0.3 is 9.80 Å². The molecule has 0 radical (unpaired) electrons. The first-order chi connectivity index (χ1) is 9.40. The molecule has 0 unspecified atom stereocenters. The normalized spacial score (nSPS) is 9.50. The van der Waals surface area contributed by atoms with Gasteiger partial charge in [0.25, 0.3) is 0 Å². The highest BCUT2D eigenvalue weighted by Gasteiger charge is 1.92. The second-order valence-electron chi connectivity index (χ2n) is 5.47. The largest absolute Gasteiger partial charge is 0.378 e. The number of rotatable bonds is 2. The summed E-state index contributed by atoms with van der Waals surface area (Å²) < 4.78 is 0. The molecule has 0 aliphatic carbocycles. The Morgan fingerprint density at radius 1 is 0.600 bits per heavy atom. The van der Waals surface area contributed by atoms with Crippen LogP contribution in [0.5, 0.6) is 0 Å². The zero-order valence-corrected chi connectivity index (χ0v) is 13.5. The van der Waals surface area contributed by atoms with Crippen LogP contribution >= 0.6 is 0 Å². The molecule has 2 aromatic carbocycles. The molecule has 0 saturated heterocycles. The topological polar surface area (TPSA) is 6.48 Å². The Balaban J connectivity index is 0.000000200. The Hall–Kier alpha value is -1.96. The van der Waals surface area contributed by atoms with E-state index < -0.39 is 0 Å². The molecule has 0 saturated carbocycles. The van der Waals surface area contributed by atoms with Gasteiger partial charge in [0.2, 0.25) is 0 Å². The summed E-state index contributed by atoms with van der Waals surface area (Å²) in [5.74, 6) is 0. The molecule has 0 spiro atoms. The molecule has 0 bridgehead atoms. The van der Waals surface area contributed by atoms with Crippen LogP contribution in [-0.4, -0.2) is 28.2 Å². The smallest absolute Gasteiger partial charge is 0.0363 e. The first-order valence-electron chi connectivity index (χ1n) is 6.88. The number of anilines is 2. The summed E-state index contributed by atoms with van der Waals surface area (Å²) in [5.41, 5.74) is 5.15. The number of hydrogen-bond acceptors (Lipinski definition) is 2. The molecule has 2 aromatic rings. The molecule has 2 rings (SSSR count). The van der Waals surface area contributed by atoms with Gasteiger partial charge in [-0.2, -0.15) is 0 Å². The van der Waals surface area contributed by atoms with Crippen LogP contribution in [0.25, 0.3) is 0 Å². The van der Waals surface area contributed by atoms with Crippen molar-refractivity contribution in [2.75, 3.05) is 38.0 Å². The van der Waals surface area contributed by atoms with E-state index in [1.807, 2.05) is 0 Å². The zero-order chi connectivity index (χ0) is 15.1. The van der Waals surface area contributed by atoms with Gasteiger partial charge in [0.05, 0.1) is 0 Å². The van der Waals surface area contributed by atoms with Gasteiger partial charge >= 0.3 is 0 Å². The number of hydrogen-bond donors (Lipinski definition) is 0. The fraction of sp³-hybridized carbons (Fsp3) is 0.333. The summed E-state index contributed by atoms with van der Waals surface area (Å²) in [5, 5.41) is 0. The van der Waals surface area contributed by atoms with Crippen LogP contribution in [-0.2, 0) is 0 Å². The molecule has 0 N–H and O–H groups in total. The summed E-state index contributed by atoms with van der Waals surface area (Å²) in [6.07, 6.45) is 0. The van der Waals surface area contributed by atoms with E-state index in [0.717, 1.165) is 0 Å². The fourth-order valence-electron chi connectivity index (χ4n) is 1.81. The summed E-state index contributed by atoms with van der Waals surface area (Å²) in [4.78, 5) is 4.21. The van der Waals surface area contributed by atoms with Crippen molar-refractivity contribution in [3.05, 3.63) is 59.7 Å². The first kappa shape index (κ1) is 16.1. The zero-order valence-electron chi connectivity index (χ0n) is 13.5. The van der Waals surface area contributed by atoms with Crippen molar-refractivity contribution in [2.24, 2.45) is 0 Å². The van der Waals surface area contributed by atoms with Crippen LogP contribution in [0.3, 0.4) is 0 Å². The molecule has 2 heteroatoms. The van der Waals surface area contributed by atoms with E-state index in [9.17, 15) is 0 Å². The molecule has 0 amide bonds. The highest BCUT2D eigenvalue weighted by Crippen LogP contribution is 2.12. The van der Waals surface area contributed by atoms with Crippen molar-refractivity contribution in [1.82, 2.24) is 0 Å². The van der Waals surface area contributed by atoms with E-state index in [0.29, 0.717) is 0 Å². The third kappa shape index (κ3) is 5.35. The number of aryl methyl sites for hydroxylation is 2. The maximum absolute atomic E-state index is 2.17. The van der Waals surface area contributed by atoms with E-state index in [-0.39, 0.29) is 0 Å². The minimum atomic E-state index is 1.26. The van der Waals surface area contributed by atoms with Gasteiger partial charge in [-0.05, 0) is 49.2 Å². The van der Waals surface area contributed by atoms with Gasteiger partial charge in [-0.3, -0.25) is 0 Å². The van der Waals surface area contributed by atoms with Crippen molar-refractivity contribution < 1.29 is 0 Å². The summed E-state index contributed by atoms with van der Waals surface area (Å²) >= 11 is 0. The molecular weight excluding hydrogens is 244 g/mol. The molecule has 2 nitrogen and oxygen atoms in total. The average Bonchev–Trinajstić information content (AvgIpc) is 2.39. The van der Waals surface area contributed by atoms with Crippen LogP contribution in [0.15, 0.2) is 48.5 Å². The summed E-state index contributed by atoms with van der Waals surface area (Å²) in [6, 6.07) is 16.9. The predicted octanol–water partition coefficient (Wildman–Crippen LogP) is 4.12. The Bertz CT molecular complexity index is 481. The van der Waals surface area contributed by atoms with Gasteiger partial charge in [0.1, 0.15) is 0 Å². The summed E-state index contributed by atoms with van der Waals surface area (Å²) in [7, 11) is 8.20. The van der Waals surface area contributed by atoms with Crippen molar-refractivity contribution in [2.45, 2.75) is 13.8 Å². The third-order valence-corrected chi connectivity index (χ3v) is 3.04. The second-order valence-corrected chi connectivity index (χ2v) is 5.47. The van der Waals surface area contributed by atoms with E-state index in [2.05, 4.69) is 100 Å². The number of benzene rings is 2. The van der Waals surface area contributed by atoms with Crippen molar-refractivity contribution >= 4 is 11.4 Å². The van der Waals surface area contributed by atoms with E-state index in [4.69, 9.17) is 0 Å². The molecule has 20 heavy (non-hydrogen) atoms. The average molecular weight is 270 g/mol. The van der Waals surface area contributed by atoms with Crippen molar-refractivity contribution in [3.8, 4) is 0 Å². The predicted molar refractivity (Wildman–Crippen MR) is 91.0 cm³/mol. The third-order valence-electron chi connectivity index (χ3n) is 3.04. The maximum Gasteiger partial charge on any atom is 0.0363 e. The quantitative estimate of drug-likeness (QED) is 0.810. The lowest BCUT2D eigenvalue weighted by Gasteiger charge is -2.11. The van der Waals surface area contributed by atoms with Crippen molar-refractivity contribution in [1.29, 1.82) is 0 Å². The molecule has 108 valence electrons. The molecule has 0 aliphatic heterocycles. The molecule has 0 atom stereocenters. The van der Waals surface area contributed by atoms with Crippen LogP contribution in [0.4, 0.5) is 11.4 Å². The maximum atomic E-state index is 2.17. The highest BCUT2D eigenvalue weighted by atomic mass is 15.1. The van der Waals surface area contributed by atoms with Gasteiger partial charge in [-0.25, -0.2) is 0 Å². The SMILES string of the molecule is Cc1cccc(N(C)C)c1.Cc1cccc(N(C)C)c1. The van der Waals surface area contributed by atoms with Crippen LogP contribution < -0.4 is 9.80 Å². The highest BCUT2D eigenvalue weighted by molar-refractivity contribution is 5.47. The molecular formula is C18H26N2. The second kappa shape index (κ2) is 7.59. The van der Waals surface area contributed by atoms with Crippen LogP contribution in [0.2, 0.25) is 0 Å². The summed E-state index contributed by atoms with van der Waals surface area (Å²) in [6.45, 7) is 4.21. The minimum Gasteiger partial charge on any atom is -0.378 e. The number of nitrogens with zero attached hydrogens (tertiary/aromatic N) is 2. The minimum absolute atomic E-state index is 1.26. The molecule has 0 heterocycles. The first-order valence-corrected chi connectivity index (χ1v) is 6.88. The van der Waals surface area contributed by atoms with Gasteiger partial charge in [-0.1, -0.05) is 24.3 Å². The monoisotopic (exact) mass is 270 g/mol. The standard InChI is InChI=1S/2C9H13N/c2*1-8-5-4-6-9(7-8)10(2)3/h2*4-7H,1-3H3. The van der Waals surface area contributed by atoms with E-state index in [1.54, 1.807) is 0 Å². The van der Waals surface area contributed by atoms with Gasteiger partial charge in [0, 0.05) is 39.6 Å². The lowest BCUT2D eigenvalue weighted by atomic mass is 10.2. The van der Waals surface area contributed by atoms with Crippen LogP contribution in [0.1, 0.15) is 11.1 Å². The lowest BCUT2D eigenvalue weighted by Crippen LogP contribution is -2.08. The van der Waals surface area contributed by atoms with Crippen molar-refractivity contribution in [3.63, 3.8) is 0 Å².